The van der Waals surface area contributed by atoms with Crippen LogP contribution >= 0.6 is 11.8 Å². The van der Waals surface area contributed by atoms with Crippen LogP contribution in [0.2, 0.25) is 0 Å². The molecule has 1 amide bonds. The minimum Gasteiger partial charge on any atom is -0.482 e. The van der Waals surface area contributed by atoms with Crippen molar-refractivity contribution in [2.45, 2.75) is 11.8 Å². The lowest BCUT2D eigenvalue weighted by molar-refractivity contribution is -0.118. The first-order chi connectivity index (χ1) is 10.7. The Hall–Kier alpha value is -2.20. The van der Waals surface area contributed by atoms with E-state index in [9.17, 15) is 4.79 Å². The molecule has 0 atom stereocenters. The highest BCUT2D eigenvalue weighted by Gasteiger charge is 2.18. The molecular weight excluding hydrogens is 294 g/mol. The number of nitrogens with one attached hydrogen (secondary N) is 1. The summed E-state index contributed by atoms with van der Waals surface area (Å²) in [5, 5.41) is 2.87. The SMILES string of the molecule is Cc1ccc2c(c1)SCC(c1ccc3c(c1)NC(=O)CO3)=C2. The van der Waals surface area contributed by atoms with Crippen molar-refractivity contribution >= 4 is 35.0 Å². The van der Waals surface area contributed by atoms with Crippen LogP contribution in [-0.2, 0) is 4.79 Å². The Morgan fingerprint density at radius 1 is 1.18 bits per heavy atom. The van der Waals surface area contributed by atoms with Crippen LogP contribution in [-0.4, -0.2) is 18.3 Å². The van der Waals surface area contributed by atoms with E-state index < -0.39 is 0 Å². The number of rotatable bonds is 1. The van der Waals surface area contributed by atoms with E-state index >= 15 is 0 Å². The molecule has 2 aliphatic heterocycles. The van der Waals surface area contributed by atoms with Crippen molar-refractivity contribution in [3.8, 4) is 5.75 Å². The highest BCUT2D eigenvalue weighted by Crippen LogP contribution is 2.38. The molecule has 22 heavy (non-hydrogen) atoms. The minimum absolute atomic E-state index is 0.0949. The van der Waals surface area contributed by atoms with Gasteiger partial charge >= 0.3 is 0 Å². The topological polar surface area (TPSA) is 38.3 Å². The number of anilines is 1. The number of thioether (sulfide) groups is 1. The van der Waals surface area contributed by atoms with Crippen molar-refractivity contribution < 1.29 is 9.53 Å². The van der Waals surface area contributed by atoms with Gasteiger partial charge in [-0.15, -0.1) is 11.8 Å². The van der Waals surface area contributed by atoms with Crippen molar-refractivity contribution in [3.63, 3.8) is 0 Å². The van der Waals surface area contributed by atoms with Gasteiger partial charge < -0.3 is 10.1 Å². The Morgan fingerprint density at radius 2 is 2.09 bits per heavy atom. The normalized spacial score (nSPS) is 16.0. The van der Waals surface area contributed by atoms with E-state index in [1.165, 1.54) is 21.6 Å². The fourth-order valence-electron chi connectivity index (χ4n) is 2.72. The number of carbonyl (C=O) groups excluding carboxylic acids is 1. The number of ether oxygens (including phenoxy) is 1. The number of aryl methyl sites for hydroxylation is 1. The molecule has 0 saturated carbocycles. The number of fused-ring (bicyclic) bond motifs is 2. The average molecular weight is 309 g/mol. The van der Waals surface area contributed by atoms with Crippen LogP contribution in [0.25, 0.3) is 11.6 Å². The van der Waals surface area contributed by atoms with Gasteiger partial charge in [-0.1, -0.05) is 18.2 Å². The number of amides is 1. The standard InChI is InChI=1S/C18H15NO2S/c1-11-2-3-13-7-14(10-22-17(13)6-11)12-4-5-16-15(8-12)19-18(20)9-21-16/h2-8H,9-10H2,1H3,(H,19,20). The molecule has 4 heteroatoms. The summed E-state index contributed by atoms with van der Waals surface area (Å²) in [6.45, 7) is 2.21. The van der Waals surface area contributed by atoms with Gasteiger partial charge in [-0.05, 0) is 53.5 Å². The van der Waals surface area contributed by atoms with Crippen molar-refractivity contribution in [2.24, 2.45) is 0 Å². The van der Waals surface area contributed by atoms with Crippen LogP contribution in [0.1, 0.15) is 16.7 Å². The third-order valence-electron chi connectivity index (χ3n) is 3.87. The highest BCUT2D eigenvalue weighted by atomic mass is 32.2. The second-order valence-corrected chi connectivity index (χ2v) is 6.56. The first kappa shape index (κ1) is 13.5. The van der Waals surface area contributed by atoms with E-state index in [1.807, 2.05) is 23.9 Å². The number of hydrogen-bond acceptors (Lipinski definition) is 3. The van der Waals surface area contributed by atoms with Crippen molar-refractivity contribution in [1.82, 2.24) is 0 Å². The van der Waals surface area contributed by atoms with Crippen LogP contribution in [0.4, 0.5) is 5.69 Å². The lowest BCUT2D eigenvalue weighted by Crippen LogP contribution is -2.25. The summed E-state index contributed by atoms with van der Waals surface area (Å²) in [6.07, 6.45) is 2.23. The third-order valence-corrected chi connectivity index (χ3v) is 4.99. The van der Waals surface area contributed by atoms with Gasteiger partial charge in [0.15, 0.2) is 6.61 Å². The molecule has 0 aromatic heterocycles. The zero-order valence-corrected chi connectivity index (χ0v) is 13.0. The van der Waals surface area contributed by atoms with Gasteiger partial charge in [-0.3, -0.25) is 4.79 Å². The van der Waals surface area contributed by atoms with Gasteiger partial charge in [0.2, 0.25) is 0 Å². The summed E-state index contributed by atoms with van der Waals surface area (Å²) in [6, 6.07) is 12.5. The molecule has 110 valence electrons. The van der Waals surface area contributed by atoms with E-state index in [0.29, 0.717) is 0 Å². The molecule has 4 rings (SSSR count). The summed E-state index contributed by atoms with van der Waals surface area (Å²) < 4.78 is 5.41. The molecule has 0 saturated heterocycles. The number of benzene rings is 2. The quantitative estimate of drug-likeness (QED) is 0.866. The Kier molecular flexibility index (Phi) is 3.19. The van der Waals surface area contributed by atoms with Crippen molar-refractivity contribution in [1.29, 1.82) is 0 Å². The molecule has 2 aromatic carbocycles. The van der Waals surface area contributed by atoms with Crippen LogP contribution in [0.15, 0.2) is 41.3 Å². The fourth-order valence-corrected chi connectivity index (χ4v) is 3.84. The summed E-state index contributed by atoms with van der Waals surface area (Å²) in [7, 11) is 0. The summed E-state index contributed by atoms with van der Waals surface area (Å²) >= 11 is 1.86. The van der Waals surface area contributed by atoms with E-state index in [2.05, 4.69) is 42.6 Å². The highest BCUT2D eigenvalue weighted by molar-refractivity contribution is 7.99. The second-order valence-electron chi connectivity index (χ2n) is 5.55. The molecule has 0 aliphatic carbocycles. The van der Waals surface area contributed by atoms with E-state index in [1.54, 1.807) is 0 Å². The Morgan fingerprint density at radius 3 is 3.00 bits per heavy atom. The van der Waals surface area contributed by atoms with Crippen molar-refractivity contribution in [2.75, 3.05) is 17.7 Å². The molecule has 0 fully saturated rings. The Balaban J connectivity index is 1.72. The van der Waals surface area contributed by atoms with Gasteiger partial charge in [0.1, 0.15) is 5.75 Å². The van der Waals surface area contributed by atoms with Crippen molar-refractivity contribution in [3.05, 3.63) is 53.1 Å². The van der Waals surface area contributed by atoms with Crippen LogP contribution < -0.4 is 10.1 Å². The number of carbonyl (C=O) groups is 1. The molecule has 2 heterocycles. The third kappa shape index (κ3) is 2.40. The summed E-state index contributed by atoms with van der Waals surface area (Å²) in [5.41, 5.74) is 5.70. The lowest BCUT2D eigenvalue weighted by Gasteiger charge is -2.21. The summed E-state index contributed by atoms with van der Waals surface area (Å²) in [4.78, 5) is 12.8. The number of hydrogen-bond donors (Lipinski definition) is 1. The maximum Gasteiger partial charge on any atom is 0.262 e. The maximum absolute atomic E-state index is 11.5. The molecule has 2 aromatic rings. The predicted molar refractivity (Wildman–Crippen MR) is 90.3 cm³/mol. The molecule has 0 bridgehead atoms. The maximum atomic E-state index is 11.5. The van der Waals surface area contributed by atoms with E-state index in [-0.39, 0.29) is 12.5 Å². The fraction of sp³-hybridized carbons (Fsp3) is 0.167. The lowest BCUT2D eigenvalue weighted by atomic mass is 10.0. The van der Waals surface area contributed by atoms with Gasteiger partial charge in [-0.2, -0.15) is 0 Å². The molecule has 1 N–H and O–H groups in total. The molecule has 0 unspecified atom stereocenters. The van der Waals surface area contributed by atoms with Gasteiger partial charge in [0, 0.05) is 10.6 Å². The smallest absolute Gasteiger partial charge is 0.262 e. The average Bonchev–Trinajstić information content (AvgIpc) is 2.53. The molecular formula is C18H15NO2S. The first-order valence-corrected chi connectivity index (χ1v) is 8.19. The molecule has 2 aliphatic rings. The van der Waals surface area contributed by atoms with Crippen LogP contribution in [0.3, 0.4) is 0 Å². The minimum atomic E-state index is -0.0996. The zero-order valence-electron chi connectivity index (χ0n) is 12.2. The van der Waals surface area contributed by atoms with Crippen LogP contribution in [0.5, 0.6) is 5.75 Å². The van der Waals surface area contributed by atoms with Crippen LogP contribution in [0, 0.1) is 6.92 Å². The molecule has 3 nitrogen and oxygen atoms in total. The van der Waals surface area contributed by atoms with Gasteiger partial charge in [0.25, 0.3) is 5.91 Å². The first-order valence-electron chi connectivity index (χ1n) is 7.20. The Labute approximate surface area is 133 Å². The molecule has 0 spiro atoms. The Bertz CT molecular complexity index is 811. The van der Waals surface area contributed by atoms with Gasteiger partial charge in [0.05, 0.1) is 5.69 Å². The summed E-state index contributed by atoms with van der Waals surface area (Å²) in [5.74, 6) is 1.57. The van der Waals surface area contributed by atoms with E-state index in [4.69, 9.17) is 4.74 Å². The van der Waals surface area contributed by atoms with Gasteiger partial charge in [-0.25, -0.2) is 0 Å². The zero-order chi connectivity index (χ0) is 15.1. The largest absolute Gasteiger partial charge is 0.482 e. The molecule has 0 radical (unpaired) electrons. The monoisotopic (exact) mass is 309 g/mol. The second kappa shape index (κ2) is 5.21. The van der Waals surface area contributed by atoms with E-state index in [0.717, 1.165) is 22.8 Å². The predicted octanol–water partition coefficient (Wildman–Crippen LogP) is 3.97.